The molecule has 130 valence electrons. The van der Waals surface area contributed by atoms with Crippen LogP contribution in [0, 0.1) is 0 Å². The Kier molecular flexibility index (Phi) is 6.34. The minimum absolute atomic E-state index is 0.328. The molecule has 1 aromatic heterocycles. The number of ether oxygens (including phenoxy) is 1. The lowest BCUT2D eigenvalue weighted by Gasteiger charge is -2.10. The summed E-state index contributed by atoms with van der Waals surface area (Å²) in [6, 6.07) is 7.10. The molecule has 2 rings (SSSR count). The first kappa shape index (κ1) is 18.9. The minimum Gasteiger partial charge on any atom is -0.496 e. The van der Waals surface area contributed by atoms with Crippen molar-refractivity contribution in [2.24, 2.45) is 0 Å². The number of benzene rings is 1. The number of halogens is 5. The predicted molar refractivity (Wildman–Crippen MR) is 83.7 cm³/mol. The zero-order chi connectivity index (χ0) is 17.7. The van der Waals surface area contributed by atoms with Crippen LogP contribution in [0.1, 0.15) is 11.1 Å². The summed E-state index contributed by atoms with van der Waals surface area (Å²) in [4.78, 5) is 4.10. The number of methoxy groups -OCH3 is 1. The van der Waals surface area contributed by atoms with Crippen molar-refractivity contribution in [1.29, 1.82) is 0 Å². The number of rotatable bonds is 6. The van der Waals surface area contributed by atoms with Crippen LogP contribution in [0.4, 0.5) is 22.0 Å². The maximum absolute atomic E-state index is 12.5. The Morgan fingerprint density at radius 1 is 1.17 bits per heavy atom. The topological polar surface area (TPSA) is 22.1 Å². The third kappa shape index (κ3) is 5.27. The first-order valence-electron chi connectivity index (χ1n) is 6.57. The van der Waals surface area contributed by atoms with E-state index in [4.69, 9.17) is 4.74 Å². The molecule has 0 aliphatic rings. The van der Waals surface area contributed by atoms with Crippen LogP contribution in [0.3, 0.4) is 0 Å². The van der Waals surface area contributed by atoms with Crippen molar-refractivity contribution in [2.75, 3.05) is 7.11 Å². The van der Waals surface area contributed by atoms with Crippen molar-refractivity contribution in [3.05, 3.63) is 47.7 Å². The summed E-state index contributed by atoms with van der Waals surface area (Å²) < 4.78 is 67.4. The largest absolute Gasteiger partial charge is 0.496 e. The third-order valence-electron chi connectivity index (χ3n) is 2.89. The first-order valence-corrected chi connectivity index (χ1v) is 8.44. The van der Waals surface area contributed by atoms with Gasteiger partial charge in [0.2, 0.25) is 0 Å². The van der Waals surface area contributed by atoms with E-state index in [2.05, 4.69) is 4.98 Å². The molecule has 9 heteroatoms. The Morgan fingerprint density at radius 3 is 2.46 bits per heavy atom. The first-order chi connectivity index (χ1) is 11.3. The van der Waals surface area contributed by atoms with Gasteiger partial charge in [0.25, 0.3) is 5.76 Å². The van der Waals surface area contributed by atoms with Crippen LogP contribution in [0.15, 0.2) is 46.5 Å². The molecule has 0 spiro atoms. The number of alkyl halides is 5. The van der Waals surface area contributed by atoms with Gasteiger partial charge in [0.15, 0.2) is 0 Å². The lowest BCUT2D eigenvalue weighted by atomic mass is 10.2. The molecule has 0 unspecified atom stereocenters. The molecule has 0 radical (unpaired) electrons. The van der Waals surface area contributed by atoms with Crippen LogP contribution in [0.25, 0.3) is 0 Å². The summed E-state index contributed by atoms with van der Waals surface area (Å²) in [6.45, 7) is 0. The van der Waals surface area contributed by atoms with E-state index in [0.717, 1.165) is 17.8 Å². The van der Waals surface area contributed by atoms with Gasteiger partial charge in [-0.15, -0.1) is 11.8 Å². The maximum Gasteiger partial charge on any atom is 0.417 e. The molecule has 0 aliphatic heterocycles. The van der Waals surface area contributed by atoms with Gasteiger partial charge in [-0.05, 0) is 29.8 Å². The molecule has 2 nitrogen and oxygen atoms in total. The highest BCUT2D eigenvalue weighted by atomic mass is 32.2. The fourth-order valence-corrected chi connectivity index (χ4v) is 3.17. The van der Waals surface area contributed by atoms with Gasteiger partial charge in [0.05, 0.1) is 22.6 Å². The van der Waals surface area contributed by atoms with Crippen LogP contribution in [-0.4, -0.2) is 17.9 Å². The van der Waals surface area contributed by atoms with Crippen LogP contribution < -0.4 is 4.74 Å². The molecule has 0 amide bonds. The van der Waals surface area contributed by atoms with Gasteiger partial charge >= 0.3 is 6.18 Å². The second kappa shape index (κ2) is 8.06. The average molecular weight is 381 g/mol. The highest BCUT2D eigenvalue weighted by Gasteiger charge is 2.30. The molecule has 0 aliphatic carbocycles. The monoisotopic (exact) mass is 381 g/mol. The molecule has 0 atom stereocenters. The zero-order valence-electron chi connectivity index (χ0n) is 12.3. The Balaban J connectivity index is 2.04. The van der Waals surface area contributed by atoms with Crippen molar-refractivity contribution < 1.29 is 26.7 Å². The highest BCUT2D eigenvalue weighted by Crippen LogP contribution is 2.35. The number of nitrogens with zero attached hydrogens (tertiary/aromatic N) is 1. The summed E-state index contributed by atoms with van der Waals surface area (Å²) >= 11 is 1.64. The van der Waals surface area contributed by atoms with E-state index in [1.807, 2.05) is 0 Å². The molecular formula is C15H12F5NOS2. The van der Waals surface area contributed by atoms with E-state index in [1.54, 1.807) is 12.1 Å². The van der Waals surface area contributed by atoms with E-state index in [9.17, 15) is 22.0 Å². The Morgan fingerprint density at radius 2 is 1.92 bits per heavy atom. The lowest BCUT2D eigenvalue weighted by Crippen LogP contribution is -2.05. The van der Waals surface area contributed by atoms with Gasteiger partial charge in [0, 0.05) is 11.9 Å². The van der Waals surface area contributed by atoms with E-state index >= 15 is 0 Å². The summed E-state index contributed by atoms with van der Waals surface area (Å²) in [5, 5.41) is 0.438. The van der Waals surface area contributed by atoms with Crippen LogP contribution in [0.2, 0.25) is 0 Å². The van der Waals surface area contributed by atoms with Crippen LogP contribution in [-0.2, 0) is 11.9 Å². The van der Waals surface area contributed by atoms with Gasteiger partial charge in [-0.25, -0.2) is 4.98 Å². The lowest BCUT2D eigenvalue weighted by molar-refractivity contribution is -0.137. The molecule has 1 aromatic carbocycles. The van der Waals surface area contributed by atoms with Gasteiger partial charge < -0.3 is 4.74 Å². The summed E-state index contributed by atoms with van der Waals surface area (Å²) in [5.74, 6) is -1.79. The van der Waals surface area contributed by atoms with Crippen molar-refractivity contribution in [3.63, 3.8) is 0 Å². The fraction of sp³-hybridized carbons (Fsp3) is 0.267. The van der Waals surface area contributed by atoms with Crippen LogP contribution in [0.5, 0.6) is 5.75 Å². The fourth-order valence-electron chi connectivity index (χ4n) is 1.79. The van der Waals surface area contributed by atoms with E-state index in [0.29, 0.717) is 33.2 Å². The Bertz CT molecular complexity index is 677. The second-order valence-corrected chi connectivity index (χ2v) is 6.56. The number of hydrogen-bond donors (Lipinski definition) is 0. The zero-order valence-corrected chi connectivity index (χ0v) is 13.9. The number of pyridine rings is 1. The summed E-state index contributed by atoms with van der Waals surface area (Å²) in [7, 11) is 1.39. The van der Waals surface area contributed by atoms with E-state index in [-0.39, 0.29) is 0 Å². The number of aromatic nitrogens is 1. The molecular weight excluding hydrogens is 369 g/mol. The minimum atomic E-state index is -4.41. The van der Waals surface area contributed by atoms with Crippen LogP contribution >= 0.6 is 23.5 Å². The van der Waals surface area contributed by atoms with E-state index in [1.165, 1.54) is 31.0 Å². The smallest absolute Gasteiger partial charge is 0.417 e. The molecule has 0 saturated carbocycles. The van der Waals surface area contributed by atoms with Gasteiger partial charge in [-0.3, -0.25) is 0 Å². The molecule has 0 fully saturated rings. The van der Waals surface area contributed by atoms with Gasteiger partial charge in [-0.2, -0.15) is 22.0 Å². The molecule has 0 saturated heterocycles. The highest BCUT2D eigenvalue weighted by molar-refractivity contribution is 7.99. The summed E-state index contributed by atoms with van der Waals surface area (Å²) in [5.41, 5.74) is -0.0148. The normalized spacial score (nSPS) is 11.8. The SMILES string of the molecule is COc1cc(CSc2ccc(C(F)(F)F)cn2)ccc1SC(F)F. The van der Waals surface area contributed by atoms with Gasteiger partial charge in [0.1, 0.15) is 5.75 Å². The van der Waals surface area contributed by atoms with Crippen molar-refractivity contribution in [2.45, 2.75) is 27.6 Å². The third-order valence-corrected chi connectivity index (χ3v) is 4.68. The molecule has 1 heterocycles. The summed E-state index contributed by atoms with van der Waals surface area (Å²) in [6.07, 6.45) is -3.63. The van der Waals surface area contributed by atoms with E-state index < -0.39 is 17.5 Å². The number of hydrogen-bond acceptors (Lipinski definition) is 4. The quantitative estimate of drug-likeness (QED) is 0.472. The van der Waals surface area contributed by atoms with Gasteiger partial charge in [-0.1, -0.05) is 17.8 Å². The van der Waals surface area contributed by atoms with Crippen molar-refractivity contribution in [3.8, 4) is 5.75 Å². The molecule has 0 bridgehead atoms. The Hall–Kier alpha value is -1.48. The Labute approximate surface area is 143 Å². The molecule has 0 N–H and O–H groups in total. The maximum atomic E-state index is 12.5. The number of thioether (sulfide) groups is 2. The molecule has 2 aromatic rings. The van der Waals surface area contributed by atoms with Crippen molar-refractivity contribution in [1.82, 2.24) is 4.98 Å². The standard InChI is InChI=1S/C15H12F5NOS2/c1-22-11-6-9(2-4-12(11)24-14(16)17)8-23-13-5-3-10(7-21-13)15(18,19)20/h2-7,14H,8H2,1H3. The van der Waals surface area contributed by atoms with Crippen molar-refractivity contribution >= 4 is 23.5 Å². The second-order valence-electron chi connectivity index (χ2n) is 4.54. The predicted octanol–water partition coefficient (Wildman–Crippen LogP) is 5.72. The molecule has 24 heavy (non-hydrogen) atoms. The average Bonchev–Trinajstić information content (AvgIpc) is 2.53.